The molecule has 3 heteroatoms. The minimum absolute atomic E-state index is 0.338. The highest BCUT2D eigenvalue weighted by Gasteiger charge is 2.41. The number of hydrogen-bond acceptors (Lipinski definition) is 3. The normalized spacial score (nSPS) is 28.1. The van der Waals surface area contributed by atoms with E-state index in [0.29, 0.717) is 18.4 Å². The molecule has 1 aromatic rings. The van der Waals surface area contributed by atoms with Crippen LogP contribution in [0.25, 0.3) is 0 Å². The largest absolute Gasteiger partial charge is 0.493 e. The Morgan fingerprint density at radius 2 is 2.16 bits per heavy atom. The SMILES string of the molecule is COc1ccc(CC#N)cc1OC1CC2CCC1C2. The van der Waals surface area contributed by atoms with E-state index >= 15 is 0 Å². The third kappa shape index (κ3) is 2.40. The fourth-order valence-electron chi connectivity index (χ4n) is 3.51. The minimum Gasteiger partial charge on any atom is -0.493 e. The highest BCUT2D eigenvalue weighted by atomic mass is 16.5. The van der Waals surface area contributed by atoms with Crippen molar-refractivity contribution in [3.63, 3.8) is 0 Å². The lowest BCUT2D eigenvalue weighted by Crippen LogP contribution is -2.23. The first kappa shape index (κ1) is 12.3. The summed E-state index contributed by atoms with van der Waals surface area (Å²) in [5.41, 5.74) is 0.987. The van der Waals surface area contributed by atoms with Crippen molar-refractivity contribution in [1.29, 1.82) is 5.26 Å². The van der Waals surface area contributed by atoms with Crippen molar-refractivity contribution >= 4 is 0 Å². The molecule has 3 rings (SSSR count). The molecule has 0 aliphatic heterocycles. The Hall–Kier alpha value is -1.69. The van der Waals surface area contributed by atoms with Crippen molar-refractivity contribution in [2.45, 2.75) is 38.2 Å². The summed E-state index contributed by atoms with van der Waals surface area (Å²) < 4.78 is 11.5. The van der Waals surface area contributed by atoms with E-state index in [-0.39, 0.29) is 0 Å². The van der Waals surface area contributed by atoms with Crippen molar-refractivity contribution in [3.05, 3.63) is 23.8 Å². The molecular weight excluding hydrogens is 238 g/mol. The van der Waals surface area contributed by atoms with Crippen LogP contribution in [0.1, 0.15) is 31.2 Å². The quantitative estimate of drug-likeness (QED) is 0.830. The van der Waals surface area contributed by atoms with Crippen molar-refractivity contribution in [3.8, 4) is 17.6 Å². The maximum Gasteiger partial charge on any atom is 0.161 e. The molecule has 3 atom stereocenters. The van der Waals surface area contributed by atoms with Crippen LogP contribution in [0.2, 0.25) is 0 Å². The van der Waals surface area contributed by atoms with Crippen LogP contribution in [0.4, 0.5) is 0 Å². The first-order valence-corrected chi connectivity index (χ1v) is 7.00. The molecule has 1 aromatic carbocycles. The Kier molecular flexibility index (Phi) is 3.33. The Balaban J connectivity index is 1.78. The van der Waals surface area contributed by atoms with Gasteiger partial charge in [-0.15, -0.1) is 0 Å². The summed E-state index contributed by atoms with van der Waals surface area (Å²) in [5.74, 6) is 3.15. The van der Waals surface area contributed by atoms with Crippen molar-refractivity contribution in [2.24, 2.45) is 11.8 Å². The molecular formula is C16H19NO2. The first-order valence-electron chi connectivity index (χ1n) is 7.00. The van der Waals surface area contributed by atoms with E-state index in [4.69, 9.17) is 14.7 Å². The Morgan fingerprint density at radius 1 is 1.26 bits per heavy atom. The Labute approximate surface area is 114 Å². The molecule has 0 N–H and O–H groups in total. The maximum atomic E-state index is 8.79. The van der Waals surface area contributed by atoms with E-state index in [9.17, 15) is 0 Å². The van der Waals surface area contributed by atoms with Gasteiger partial charge >= 0.3 is 0 Å². The molecule has 0 amide bonds. The lowest BCUT2D eigenvalue weighted by Gasteiger charge is -2.24. The van der Waals surface area contributed by atoms with Crippen LogP contribution in [0.15, 0.2) is 18.2 Å². The van der Waals surface area contributed by atoms with Crippen molar-refractivity contribution < 1.29 is 9.47 Å². The van der Waals surface area contributed by atoms with Gasteiger partial charge in [-0.1, -0.05) is 6.07 Å². The molecule has 100 valence electrons. The summed E-state index contributed by atoms with van der Waals surface area (Å²) in [6.45, 7) is 0. The minimum atomic E-state index is 0.338. The van der Waals surface area contributed by atoms with Gasteiger partial charge in [0.25, 0.3) is 0 Å². The third-order valence-electron chi connectivity index (χ3n) is 4.46. The lowest BCUT2D eigenvalue weighted by atomic mass is 9.97. The monoisotopic (exact) mass is 257 g/mol. The number of nitriles is 1. The first-order chi connectivity index (χ1) is 9.30. The van der Waals surface area contributed by atoms with Crippen molar-refractivity contribution in [1.82, 2.24) is 0 Å². The van der Waals surface area contributed by atoms with Crippen LogP contribution >= 0.6 is 0 Å². The van der Waals surface area contributed by atoms with Crippen LogP contribution in [0.3, 0.4) is 0 Å². The molecule has 2 aliphatic rings. The fourth-order valence-corrected chi connectivity index (χ4v) is 3.51. The summed E-state index contributed by atoms with van der Waals surface area (Å²) in [6.07, 6.45) is 5.93. The lowest BCUT2D eigenvalue weighted by molar-refractivity contribution is 0.133. The summed E-state index contributed by atoms with van der Waals surface area (Å²) in [7, 11) is 1.66. The molecule has 0 radical (unpaired) electrons. The van der Waals surface area contributed by atoms with Gasteiger partial charge in [-0.25, -0.2) is 0 Å². The second kappa shape index (κ2) is 5.13. The van der Waals surface area contributed by atoms with Gasteiger partial charge in [-0.05, 0) is 55.2 Å². The van der Waals surface area contributed by atoms with E-state index in [2.05, 4.69) is 6.07 Å². The summed E-state index contributed by atoms with van der Waals surface area (Å²) in [4.78, 5) is 0. The Bertz CT molecular complexity index is 506. The molecule has 0 spiro atoms. The summed E-state index contributed by atoms with van der Waals surface area (Å²) in [5, 5.41) is 8.79. The zero-order valence-corrected chi connectivity index (χ0v) is 11.3. The predicted octanol–water partition coefficient (Wildman–Crippen LogP) is 3.33. The van der Waals surface area contributed by atoms with Gasteiger partial charge in [0.15, 0.2) is 11.5 Å². The third-order valence-corrected chi connectivity index (χ3v) is 4.46. The molecule has 2 bridgehead atoms. The zero-order valence-electron chi connectivity index (χ0n) is 11.3. The number of ether oxygens (including phenoxy) is 2. The number of rotatable bonds is 4. The van der Waals surface area contributed by atoms with Gasteiger partial charge in [0, 0.05) is 0 Å². The average Bonchev–Trinajstić information content (AvgIpc) is 3.02. The molecule has 0 heterocycles. The number of methoxy groups -OCH3 is 1. The maximum absolute atomic E-state index is 8.79. The van der Waals surface area contributed by atoms with E-state index in [1.54, 1.807) is 7.11 Å². The van der Waals surface area contributed by atoms with Crippen LogP contribution in [0.5, 0.6) is 11.5 Å². The van der Waals surface area contributed by atoms with Crippen LogP contribution in [-0.2, 0) is 6.42 Å². The van der Waals surface area contributed by atoms with Gasteiger partial charge in [-0.3, -0.25) is 0 Å². The predicted molar refractivity (Wildman–Crippen MR) is 72.2 cm³/mol. The van der Waals surface area contributed by atoms with E-state index in [1.165, 1.54) is 25.7 Å². The van der Waals surface area contributed by atoms with Crippen molar-refractivity contribution in [2.75, 3.05) is 7.11 Å². The molecule has 3 nitrogen and oxygen atoms in total. The van der Waals surface area contributed by atoms with Gasteiger partial charge in [-0.2, -0.15) is 5.26 Å². The van der Waals surface area contributed by atoms with Gasteiger partial charge in [0.1, 0.15) is 6.10 Å². The topological polar surface area (TPSA) is 42.2 Å². The Morgan fingerprint density at radius 3 is 2.79 bits per heavy atom. The van der Waals surface area contributed by atoms with Crippen LogP contribution < -0.4 is 9.47 Å². The molecule has 2 fully saturated rings. The summed E-state index contributed by atoms with van der Waals surface area (Å²) in [6, 6.07) is 7.95. The molecule has 3 unspecified atom stereocenters. The standard InChI is InChI=1S/C16H19NO2/c1-18-14-5-3-11(6-7-17)9-16(14)19-15-10-12-2-4-13(15)8-12/h3,5,9,12-13,15H,2,4,6,8,10H2,1H3. The highest BCUT2D eigenvalue weighted by Crippen LogP contribution is 2.46. The average molecular weight is 257 g/mol. The van der Waals surface area contributed by atoms with Gasteiger partial charge in [0.05, 0.1) is 19.6 Å². The molecule has 19 heavy (non-hydrogen) atoms. The second-order valence-electron chi connectivity index (χ2n) is 5.65. The highest BCUT2D eigenvalue weighted by molar-refractivity contribution is 5.43. The molecule has 0 aromatic heterocycles. The number of fused-ring (bicyclic) bond motifs is 2. The van der Waals surface area contributed by atoms with Crippen LogP contribution in [0, 0.1) is 23.2 Å². The van der Waals surface area contributed by atoms with E-state index in [0.717, 1.165) is 23.0 Å². The second-order valence-corrected chi connectivity index (χ2v) is 5.65. The molecule has 0 saturated heterocycles. The van der Waals surface area contributed by atoms with E-state index in [1.807, 2.05) is 18.2 Å². The zero-order chi connectivity index (χ0) is 13.2. The molecule has 2 saturated carbocycles. The molecule has 2 aliphatic carbocycles. The van der Waals surface area contributed by atoms with Gasteiger partial charge < -0.3 is 9.47 Å². The summed E-state index contributed by atoms with van der Waals surface area (Å²) >= 11 is 0. The number of nitrogens with zero attached hydrogens (tertiary/aromatic N) is 1. The number of hydrogen-bond donors (Lipinski definition) is 0. The van der Waals surface area contributed by atoms with Gasteiger partial charge in [0.2, 0.25) is 0 Å². The number of benzene rings is 1. The van der Waals surface area contributed by atoms with E-state index < -0.39 is 0 Å². The van der Waals surface area contributed by atoms with Crippen LogP contribution in [-0.4, -0.2) is 13.2 Å². The smallest absolute Gasteiger partial charge is 0.161 e. The fraction of sp³-hybridized carbons (Fsp3) is 0.562.